The molecule has 2 amide bonds. The molecule has 0 spiro atoms. The topological polar surface area (TPSA) is 75.4 Å². The van der Waals surface area contributed by atoms with Crippen molar-refractivity contribution >= 4 is 11.8 Å². The summed E-state index contributed by atoms with van der Waals surface area (Å²) < 4.78 is 5.61. The van der Waals surface area contributed by atoms with Crippen LogP contribution in [0.25, 0.3) is 0 Å². The van der Waals surface area contributed by atoms with Crippen LogP contribution in [0.15, 0.2) is 22.6 Å². The second-order valence-electron chi connectivity index (χ2n) is 7.55. The third-order valence-corrected chi connectivity index (χ3v) is 5.00. The zero-order valence-corrected chi connectivity index (χ0v) is 16.5. The number of piperidine rings is 1. The summed E-state index contributed by atoms with van der Waals surface area (Å²) in [5.41, 5.74) is 3.03. The molecule has 1 aliphatic heterocycles. The Morgan fingerprint density at radius 1 is 1.15 bits per heavy atom. The first-order valence-corrected chi connectivity index (χ1v) is 9.45. The second kappa shape index (κ2) is 7.94. The van der Waals surface area contributed by atoms with Gasteiger partial charge in [0.2, 0.25) is 5.89 Å². The molecule has 1 saturated heterocycles. The van der Waals surface area contributed by atoms with Crippen LogP contribution in [0.1, 0.15) is 63.4 Å². The maximum Gasteiger partial charge on any atom is 0.276 e. The average molecular weight is 369 g/mol. The van der Waals surface area contributed by atoms with E-state index in [0.717, 1.165) is 37.1 Å². The SMILES string of the molecule is Cc1cc(C)cc(C(=O)NCc2nc(C(=O)N3CCC(C)CC3)c(C)o2)c1. The van der Waals surface area contributed by atoms with E-state index in [9.17, 15) is 9.59 Å². The number of carbonyl (C=O) groups excluding carboxylic acids is 2. The number of benzene rings is 1. The van der Waals surface area contributed by atoms with Gasteiger partial charge in [0.25, 0.3) is 11.8 Å². The second-order valence-corrected chi connectivity index (χ2v) is 7.55. The molecule has 0 radical (unpaired) electrons. The van der Waals surface area contributed by atoms with Crippen LogP contribution in [-0.2, 0) is 6.54 Å². The fraction of sp³-hybridized carbons (Fsp3) is 0.476. The first-order chi connectivity index (χ1) is 12.8. The van der Waals surface area contributed by atoms with Gasteiger partial charge in [-0.3, -0.25) is 9.59 Å². The van der Waals surface area contributed by atoms with E-state index in [4.69, 9.17) is 4.42 Å². The highest BCUT2D eigenvalue weighted by molar-refractivity contribution is 5.94. The molecule has 27 heavy (non-hydrogen) atoms. The maximum atomic E-state index is 12.7. The lowest BCUT2D eigenvalue weighted by Crippen LogP contribution is -2.38. The number of carbonyl (C=O) groups is 2. The van der Waals surface area contributed by atoms with Crippen LogP contribution >= 0.6 is 0 Å². The van der Waals surface area contributed by atoms with Crippen molar-refractivity contribution in [1.82, 2.24) is 15.2 Å². The summed E-state index contributed by atoms with van der Waals surface area (Å²) in [6.07, 6.45) is 2.03. The van der Waals surface area contributed by atoms with Gasteiger partial charge in [0.1, 0.15) is 5.76 Å². The molecule has 6 nitrogen and oxygen atoms in total. The van der Waals surface area contributed by atoms with Crippen LogP contribution in [0.2, 0.25) is 0 Å². The average Bonchev–Trinajstić information content (AvgIpc) is 2.99. The van der Waals surface area contributed by atoms with E-state index in [1.165, 1.54) is 0 Å². The summed E-state index contributed by atoms with van der Waals surface area (Å²) >= 11 is 0. The molecule has 1 fully saturated rings. The Labute approximate surface area is 160 Å². The Morgan fingerprint density at radius 3 is 2.41 bits per heavy atom. The van der Waals surface area contributed by atoms with Gasteiger partial charge in [-0.25, -0.2) is 4.98 Å². The maximum absolute atomic E-state index is 12.7. The monoisotopic (exact) mass is 369 g/mol. The van der Waals surface area contributed by atoms with Crippen molar-refractivity contribution in [3.8, 4) is 0 Å². The van der Waals surface area contributed by atoms with Crippen molar-refractivity contribution in [2.24, 2.45) is 5.92 Å². The number of likely N-dealkylation sites (tertiary alicyclic amines) is 1. The molecule has 1 aliphatic rings. The van der Waals surface area contributed by atoms with E-state index in [0.29, 0.717) is 28.8 Å². The largest absolute Gasteiger partial charge is 0.443 e. The Kier molecular flexibility index (Phi) is 5.63. The number of amides is 2. The van der Waals surface area contributed by atoms with Crippen LogP contribution in [0.3, 0.4) is 0 Å². The fourth-order valence-electron chi connectivity index (χ4n) is 3.45. The van der Waals surface area contributed by atoms with Crippen molar-refractivity contribution in [3.05, 3.63) is 52.2 Å². The molecular weight excluding hydrogens is 342 g/mol. The van der Waals surface area contributed by atoms with Crippen LogP contribution in [0.4, 0.5) is 0 Å². The third-order valence-electron chi connectivity index (χ3n) is 5.00. The molecule has 0 atom stereocenters. The molecule has 2 aromatic rings. The van der Waals surface area contributed by atoms with E-state index in [1.807, 2.05) is 36.9 Å². The molecule has 0 aliphatic carbocycles. The van der Waals surface area contributed by atoms with Crippen LogP contribution < -0.4 is 5.32 Å². The zero-order valence-electron chi connectivity index (χ0n) is 16.5. The Balaban J connectivity index is 1.64. The molecule has 1 aromatic heterocycles. The number of oxazole rings is 1. The van der Waals surface area contributed by atoms with Crippen molar-refractivity contribution < 1.29 is 14.0 Å². The lowest BCUT2D eigenvalue weighted by molar-refractivity contribution is 0.0690. The number of nitrogens with one attached hydrogen (secondary N) is 1. The molecule has 6 heteroatoms. The predicted molar refractivity (Wildman–Crippen MR) is 103 cm³/mol. The van der Waals surface area contributed by atoms with E-state index >= 15 is 0 Å². The van der Waals surface area contributed by atoms with E-state index < -0.39 is 0 Å². The van der Waals surface area contributed by atoms with Gasteiger partial charge in [0.05, 0.1) is 6.54 Å². The minimum Gasteiger partial charge on any atom is -0.443 e. The van der Waals surface area contributed by atoms with E-state index in [2.05, 4.69) is 17.2 Å². The molecule has 1 aromatic carbocycles. The lowest BCUT2D eigenvalue weighted by atomic mass is 9.99. The van der Waals surface area contributed by atoms with Gasteiger partial charge in [-0.1, -0.05) is 24.1 Å². The molecular formula is C21H27N3O3. The van der Waals surface area contributed by atoms with Gasteiger partial charge in [0, 0.05) is 18.7 Å². The molecule has 1 N–H and O–H groups in total. The number of nitrogens with zero attached hydrogens (tertiary/aromatic N) is 2. The summed E-state index contributed by atoms with van der Waals surface area (Å²) in [6, 6.07) is 5.71. The molecule has 3 rings (SSSR count). The lowest BCUT2D eigenvalue weighted by Gasteiger charge is -2.29. The third kappa shape index (κ3) is 4.56. The number of aromatic nitrogens is 1. The van der Waals surface area contributed by atoms with E-state index in [1.54, 1.807) is 6.92 Å². The first kappa shape index (κ1) is 19.1. The molecule has 0 unspecified atom stereocenters. The Morgan fingerprint density at radius 2 is 1.78 bits per heavy atom. The molecule has 0 saturated carbocycles. The standard InChI is InChI=1S/C21H27N3O3/c1-13-5-7-24(8-6-13)21(26)19-16(4)27-18(23-19)12-22-20(25)17-10-14(2)9-15(3)11-17/h9-11,13H,5-8,12H2,1-4H3,(H,22,25). The van der Waals surface area contributed by atoms with Gasteiger partial charge >= 0.3 is 0 Å². The Bertz CT molecular complexity index is 828. The van der Waals surface area contributed by atoms with Crippen LogP contribution in [-0.4, -0.2) is 34.8 Å². The summed E-state index contributed by atoms with van der Waals surface area (Å²) in [5.74, 6) is 1.22. The van der Waals surface area contributed by atoms with E-state index in [-0.39, 0.29) is 18.4 Å². The minimum absolute atomic E-state index is 0.0879. The predicted octanol–water partition coefficient (Wildman–Crippen LogP) is 3.40. The number of hydrogen-bond acceptors (Lipinski definition) is 4. The molecule has 2 heterocycles. The molecule has 144 valence electrons. The number of rotatable bonds is 4. The minimum atomic E-state index is -0.185. The van der Waals surface area contributed by atoms with Gasteiger partial charge in [-0.05, 0) is 51.7 Å². The normalized spacial score (nSPS) is 15.0. The van der Waals surface area contributed by atoms with Gasteiger partial charge in [0.15, 0.2) is 5.69 Å². The molecule has 0 bridgehead atoms. The van der Waals surface area contributed by atoms with Gasteiger partial charge in [-0.2, -0.15) is 0 Å². The van der Waals surface area contributed by atoms with Crippen LogP contribution in [0, 0.1) is 26.7 Å². The summed E-state index contributed by atoms with van der Waals surface area (Å²) in [5, 5.41) is 2.81. The van der Waals surface area contributed by atoms with Gasteiger partial charge in [-0.15, -0.1) is 0 Å². The highest BCUT2D eigenvalue weighted by Crippen LogP contribution is 2.20. The zero-order chi connectivity index (χ0) is 19.6. The smallest absolute Gasteiger partial charge is 0.276 e. The first-order valence-electron chi connectivity index (χ1n) is 9.45. The summed E-state index contributed by atoms with van der Waals surface area (Å²) in [6.45, 7) is 9.52. The number of aryl methyl sites for hydroxylation is 3. The van der Waals surface area contributed by atoms with Crippen molar-refractivity contribution in [2.75, 3.05) is 13.1 Å². The van der Waals surface area contributed by atoms with Crippen molar-refractivity contribution in [2.45, 2.75) is 47.1 Å². The summed E-state index contributed by atoms with van der Waals surface area (Å²) in [7, 11) is 0. The highest BCUT2D eigenvalue weighted by atomic mass is 16.4. The number of hydrogen-bond donors (Lipinski definition) is 1. The Hall–Kier alpha value is -2.63. The van der Waals surface area contributed by atoms with Gasteiger partial charge < -0.3 is 14.6 Å². The van der Waals surface area contributed by atoms with Crippen molar-refractivity contribution in [3.63, 3.8) is 0 Å². The van der Waals surface area contributed by atoms with Crippen molar-refractivity contribution in [1.29, 1.82) is 0 Å². The quantitative estimate of drug-likeness (QED) is 0.896. The van der Waals surface area contributed by atoms with Crippen LogP contribution in [0.5, 0.6) is 0 Å². The summed E-state index contributed by atoms with van der Waals surface area (Å²) in [4.78, 5) is 31.2. The highest BCUT2D eigenvalue weighted by Gasteiger charge is 2.26. The fourth-order valence-corrected chi connectivity index (χ4v) is 3.45.